The van der Waals surface area contributed by atoms with Gasteiger partial charge in [-0.3, -0.25) is 4.79 Å². The van der Waals surface area contributed by atoms with E-state index in [1.165, 1.54) is 27.1 Å². The predicted molar refractivity (Wildman–Crippen MR) is 189 cm³/mol. The topological polar surface area (TPSA) is 142 Å². The summed E-state index contributed by atoms with van der Waals surface area (Å²) in [6.07, 6.45) is 1.99. The number of aliphatic carboxylic acids is 1. The second-order valence-electron chi connectivity index (χ2n) is 9.68. The minimum Gasteiger partial charge on any atom is -0.481 e. The fraction of sp³-hybridized carbons (Fsp3) is 0.108. The first-order valence-electron chi connectivity index (χ1n) is 13.3. The molecule has 0 bridgehead atoms. The molecule has 2 atom stereocenters. The zero-order valence-corrected chi connectivity index (χ0v) is 26.5. The van der Waals surface area contributed by atoms with Crippen LogP contribution in [0.2, 0.25) is 0 Å². The molecule has 43 heavy (non-hydrogen) atoms. The first-order valence-corrected chi connectivity index (χ1v) is 14.1. The third-order valence-corrected chi connectivity index (χ3v) is 7.76. The highest BCUT2D eigenvalue weighted by Crippen LogP contribution is 2.27. The molecule has 6 aromatic carbocycles. The average molecular weight is 641 g/mol. The van der Waals surface area contributed by atoms with Gasteiger partial charge >= 0.3 is 5.97 Å². The van der Waals surface area contributed by atoms with Gasteiger partial charge in [0.25, 0.3) is 0 Å². The number of carboxylic acid groups (broad SMARTS) is 1. The lowest BCUT2D eigenvalue weighted by atomic mass is 9.95. The lowest BCUT2D eigenvalue weighted by Crippen LogP contribution is -2.07. The van der Waals surface area contributed by atoms with E-state index < -0.39 is 11.9 Å². The summed E-state index contributed by atoms with van der Waals surface area (Å²) in [5, 5.41) is 16.3. The number of fused-ring (bicyclic) bond motifs is 3. The molecule has 10 N–H and O–H groups in total. The van der Waals surface area contributed by atoms with Crippen molar-refractivity contribution < 1.29 is 9.90 Å². The van der Waals surface area contributed by atoms with Crippen LogP contribution >= 0.6 is 15.9 Å². The number of benzene rings is 6. The standard InChI is InChI=1S/C14H14.C13H12O2.C10H7Br.3H3N/c1-3-11(2)13-10-6-8-12-7-4-5-9-14(12)13;1-9(13(14)15)11-8-4-6-10-5-2-3-7-12(10)11;11-10-7-3-5-8-4-1-2-6-9(8)10;;;/h3-11H,1H2,2H3;2-9H,1H3,(H,14,15);1-7H;3*1H3. The van der Waals surface area contributed by atoms with Crippen LogP contribution in [0.3, 0.4) is 0 Å². The Bertz CT molecular complexity index is 1750. The molecule has 224 valence electrons. The third kappa shape index (κ3) is 9.08. The molecule has 6 rings (SSSR count). The maximum Gasteiger partial charge on any atom is 0.310 e. The molecule has 6 heteroatoms. The SMILES string of the molecule is Brc1cccc2ccccc12.C=CC(C)c1cccc2ccccc12.CC(C(=O)O)c1cccc2ccccc12.N.N.N. The molecule has 2 unspecified atom stereocenters. The normalized spacial score (nSPS) is 11.1. The summed E-state index contributed by atoms with van der Waals surface area (Å²) in [6, 6.07) is 43.1. The Morgan fingerprint density at radius 1 is 0.605 bits per heavy atom. The molecular formula is C37H42BrN3O2. The summed E-state index contributed by atoms with van der Waals surface area (Å²) in [5.41, 5.74) is 2.23. The Balaban J connectivity index is 0.000000315. The summed E-state index contributed by atoms with van der Waals surface area (Å²) in [5.74, 6) is -0.830. The van der Waals surface area contributed by atoms with E-state index in [9.17, 15) is 4.79 Å². The van der Waals surface area contributed by atoms with E-state index in [1.807, 2.05) is 60.7 Å². The van der Waals surface area contributed by atoms with Crippen LogP contribution < -0.4 is 18.5 Å². The van der Waals surface area contributed by atoms with Gasteiger partial charge in [-0.15, -0.1) is 6.58 Å². The van der Waals surface area contributed by atoms with Crippen LogP contribution in [0.4, 0.5) is 0 Å². The van der Waals surface area contributed by atoms with Crippen molar-refractivity contribution >= 4 is 54.2 Å². The van der Waals surface area contributed by atoms with E-state index in [2.05, 4.69) is 102 Å². The second-order valence-corrected chi connectivity index (χ2v) is 10.5. The highest BCUT2D eigenvalue weighted by Gasteiger charge is 2.15. The molecule has 0 saturated heterocycles. The van der Waals surface area contributed by atoms with E-state index in [4.69, 9.17) is 5.11 Å². The van der Waals surface area contributed by atoms with E-state index >= 15 is 0 Å². The number of hydrogen-bond donors (Lipinski definition) is 4. The van der Waals surface area contributed by atoms with Crippen LogP contribution in [0.25, 0.3) is 32.3 Å². The first kappa shape index (κ1) is 36.7. The van der Waals surface area contributed by atoms with Crippen LogP contribution in [-0.4, -0.2) is 11.1 Å². The van der Waals surface area contributed by atoms with Gasteiger partial charge < -0.3 is 23.6 Å². The summed E-state index contributed by atoms with van der Waals surface area (Å²) in [7, 11) is 0. The maximum atomic E-state index is 10.9. The summed E-state index contributed by atoms with van der Waals surface area (Å²) < 4.78 is 1.16. The van der Waals surface area contributed by atoms with Gasteiger partial charge in [0.1, 0.15) is 0 Å². The average Bonchev–Trinajstić information content (AvgIpc) is 3.00. The first-order chi connectivity index (χ1) is 19.4. The molecule has 0 amide bonds. The molecule has 6 aromatic rings. The van der Waals surface area contributed by atoms with Crippen molar-refractivity contribution in [3.8, 4) is 0 Å². The smallest absolute Gasteiger partial charge is 0.310 e. The molecule has 0 saturated carbocycles. The van der Waals surface area contributed by atoms with Crippen molar-refractivity contribution in [2.45, 2.75) is 25.7 Å². The molecule has 0 heterocycles. The predicted octanol–water partition coefficient (Wildman–Crippen LogP) is 11.2. The fourth-order valence-electron chi connectivity index (χ4n) is 4.72. The fourth-order valence-corrected chi connectivity index (χ4v) is 5.24. The summed E-state index contributed by atoms with van der Waals surface area (Å²) >= 11 is 3.50. The Morgan fingerprint density at radius 2 is 0.977 bits per heavy atom. The van der Waals surface area contributed by atoms with Gasteiger partial charge in [0, 0.05) is 4.47 Å². The van der Waals surface area contributed by atoms with Gasteiger partial charge in [-0.05, 0) is 62.4 Å². The minimum atomic E-state index is -0.786. The lowest BCUT2D eigenvalue weighted by molar-refractivity contribution is -0.138. The molecule has 0 radical (unpaired) electrons. The van der Waals surface area contributed by atoms with Gasteiger partial charge in [-0.2, -0.15) is 0 Å². The molecule has 0 aromatic heterocycles. The zero-order chi connectivity index (χ0) is 28.5. The van der Waals surface area contributed by atoms with Crippen LogP contribution in [0, 0.1) is 0 Å². The van der Waals surface area contributed by atoms with Crippen molar-refractivity contribution in [2.24, 2.45) is 0 Å². The Kier molecular flexibility index (Phi) is 15.0. The Morgan fingerprint density at radius 3 is 1.44 bits per heavy atom. The molecule has 5 nitrogen and oxygen atoms in total. The van der Waals surface area contributed by atoms with Crippen LogP contribution in [0.5, 0.6) is 0 Å². The number of hydrogen-bond acceptors (Lipinski definition) is 4. The van der Waals surface area contributed by atoms with Gasteiger partial charge in [0.05, 0.1) is 5.92 Å². The molecular weight excluding hydrogens is 598 g/mol. The number of carboxylic acids is 1. The highest BCUT2D eigenvalue weighted by atomic mass is 79.9. The molecule has 0 aliphatic heterocycles. The monoisotopic (exact) mass is 639 g/mol. The van der Waals surface area contributed by atoms with Gasteiger partial charge in [-0.1, -0.05) is 150 Å². The van der Waals surface area contributed by atoms with Gasteiger partial charge in [-0.25, -0.2) is 0 Å². The third-order valence-electron chi connectivity index (χ3n) is 7.06. The van der Waals surface area contributed by atoms with Crippen LogP contribution in [-0.2, 0) is 4.79 Å². The quantitative estimate of drug-likeness (QED) is 0.142. The van der Waals surface area contributed by atoms with E-state index in [-0.39, 0.29) is 18.5 Å². The Hall–Kier alpha value is -4.33. The van der Waals surface area contributed by atoms with Crippen molar-refractivity contribution in [3.63, 3.8) is 0 Å². The zero-order valence-electron chi connectivity index (χ0n) is 24.9. The van der Waals surface area contributed by atoms with Crippen molar-refractivity contribution in [1.82, 2.24) is 18.5 Å². The summed E-state index contributed by atoms with van der Waals surface area (Å²) in [4.78, 5) is 10.9. The van der Waals surface area contributed by atoms with Crippen molar-refractivity contribution in [3.05, 3.63) is 156 Å². The van der Waals surface area contributed by atoms with Crippen molar-refractivity contribution in [2.75, 3.05) is 0 Å². The van der Waals surface area contributed by atoms with Gasteiger partial charge in [0.2, 0.25) is 0 Å². The van der Waals surface area contributed by atoms with E-state index in [0.29, 0.717) is 5.92 Å². The van der Waals surface area contributed by atoms with E-state index in [1.54, 1.807) is 6.92 Å². The minimum absolute atomic E-state index is 0. The second kappa shape index (κ2) is 17.6. The largest absolute Gasteiger partial charge is 0.481 e. The number of allylic oxidation sites excluding steroid dienone is 1. The van der Waals surface area contributed by atoms with Crippen LogP contribution in [0.15, 0.2) is 145 Å². The molecule has 0 fully saturated rings. The lowest BCUT2D eigenvalue weighted by Gasteiger charge is -2.09. The molecule has 0 spiro atoms. The highest BCUT2D eigenvalue weighted by molar-refractivity contribution is 9.10. The Labute approximate surface area is 263 Å². The molecule has 0 aliphatic rings. The maximum absolute atomic E-state index is 10.9. The summed E-state index contributed by atoms with van der Waals surface area (Å²) in [6.45, 7) is 7.73. The van der Waals surface area contributed by atoms with Crippen LogP contribution in [0.1, 0.15) is 36.8 Å². The number of carbonyl (C=O) groups is 1. The number of halogens is 1. The van der Waals surface area contributed by atoms with Crippen molar-refractivity contribution in [1.29, 1.82) is 0 Å². The van der Waals surface area contributed by atoms with E-state index in [0.717, 1.165) is 20.8 Å². The van der Waals surface area contributed by atoms with Gasteiger partial charge in [0.15, 0.2) is 0 Å². The number of rotatable bonds is 4. The molecule has 0 aliphatic carbocycles.